The van der Waals surface area contributed by atoms with Gasteiger partial charge >= 0.3 is 6.03 Å². The lowest BCUT2D eigenvalue weighted by Gasteiger charge is -2.15. The van der Waals surface area contributed by atoms with Crippen LogP contribution in [0.25, 0.3) is 0 Å². The third-order valence-electron chi connectivity index (χ3n) is 2.27. The Morgan fingerprint density at radius 2 is 1.47 bits per heavy atom. The molecule has 0 radical (unpaired) electrons. The maximum absolute atomic E-state index is 11.9. The molecule has 0 unspecified atom stereocenters. The Morgan fingerprint density at radius 3 is 2.05 bits per heavy atom. The molecule has 0 fully saturated rings. The number of hydrogen-bond donors (Lipinski definition) is 1. The van der Waals surface area contributed by atoms with Gasteiger partial charge in [0.2, 0.25) is 0 Å². The average Bonchev–Trinajstić information content (AvgIpc) is 2.47. The van der Waals surface area contributed by atoms with E-state index in [4.69, 9.17) is 0 Å². The smallest absolute Gasteiger partial charge is 0.277 e. The van der Waals surface area contributed by atoms with Crippen LogP contribution in [0.1, 0.15) is 0 Å². The molecule has 0 aromatic heterocycles. The second-order valence-electron chi connectivity index (χ2n) is 3.72. The second kappa shape index (κ2) is 7.11. The highest BCUT2D eigenvalue weighted by atomic mass is 32.2. The molecule has 0 saturated heterocycles. The van der Waals surface area contributed by atoms with Gasteiger partial charge in [0, 0.05) is 16.8 Å². The van der Waals surface area contributed by atoms with Crippen LogP contribution in [0.5, 0.6) is 0 Å². The van der Waals surface area contributed by atoms with Gasteiger partial charge in [-0.05, 0) is 48.2 Å². The van der Waals surface area contributed by atoms with E-state index in [0.717, 1.165) is 9.79 Å². The zero-order valence-corrected chi connectivity index (χ0v) is 12.1. The first-order chi connectivity index (χ1) is 9.25. The molecule has 1 N–H and O–H groups in total. The lowest BCUT2D eigenvalue weighted by molar-refractivity contribution is 0.236. The summed E-state index contributed by atoms with van der Waals surface area (Å²) in [4.78, 5) is 13.9. The lowest BCUT2D eigenvalue weighted by Crippen LogP contribution is -2.28. The van der Waals surface area contributed by atoms with E-state index in [2.05, 4.69) is 4.72 Å². The Bertz CT molecular complexity index is 519. The van der Waals surface area contributed by atoms with Gasteiger partial charge < -0.3 is 0 Å². The molecule has 0 atom stereocenters. The molecule has 3 nitrogen and oxygen atoms in total. The highest BCUT2D eigenvalue weighted by molar-refractivity contribution is 7.99. The van der Waals surface area contributed by atoms with E-state index < -0.39 is 0 Å². The van der Waals surface area contributed by atoms with Crippen molar-refractivity contribution in [1.82, 2.24) is 9.03 Å². The topological polar surface area (TPSA) is 32.3 Å². The first-order valence-electron chi connectivity index (χ1n) is 5.74. The molecule has 2 amide bonds. The van der Waals surface area contributed by atoms with Gasteiger partial charge in [0.25, 0.3) is 0 Å². The third kappa shape index (κ3) is 4.54. The zero-order valence-electron chi connectivity index (χ0n) is 10.4. The fourth-order valence-electron chi connectivity index (χ4n) is 1.34. The molecule has 0 bridgehead atoms. The second-order valence-corrected chi connectivity index (χ2v) is 5.81. The molecule has 0 aliphatic rings. The van der Waals surface area contributed by atoms with Gasteiger partial charge in [0.1, 0.15) is 0 Å². The molecule has 0 aliphatic heterocycles. The number of nitrogens with one attached hydrogen (secondary N) is 1. The van der Waals surface area contributed by atoms with Gasteiger partial charge in [-0.2, -0.15) is 0 Å². The molecule has 5 heteroatoms. The minimum atomic E-state index is -0.136. The summed E-state index contributed by atoms with van der Waals surface area (Å²) in [5.74, 6) is 0. The fraction of sp³-hybridized carbons (Fsp3) is 0.0714. The van der Waals surface area contributed by atoms with Crippen LogP contribution in [0, 0.1) is 0 Å². The standard InChI is InChI=1S/C14H14N2OS2/c1-16(19-13-10-6-3-7-11-13)14(17)15-18-12-8-4-2-5-9-12/h2-11H,1H3,(H,15,17). The Morgan fingerprint density at radius 1 is 0.947 bits per heavy atom. The maximum Gasteiger partial charge on any atom is 0.337 e. The molecule has 0 aliphatic carbocycles. The normalized spacial score (nSPS) is 9.95. The van der Waals surface area contributed by atoms with E-state index in [-0.39, 0.29) is 6.03 Å². The van der Waals surface area contributed by atoms with Gasteiger partial charge in [-0.3, -0.25) is 9.03 Å². The Kier molecular flexibility index (Phi) is 5.18. The largest absolute Gasteiger partial charge is 0.337 e. The summed E-state index contributed by atoms with van der Waals surface area (Å²) < 4.78 is 4.38. The highest BCUT2D eigenvalue weighted by Crippen LogP contribution is 2.21. The van der Waals surface area contributed by atoms with E-state index in [1.807, 2.05) is 60.7 Å². The molecule has 19 heavy (non-hydrogen) atoms. The first-order valence-corrected chi connectivity index (χ1v) is 7.33. The summed E-state index contributed by atoms with van der Waals surface area (Å²) in [6.07, 6.45) is 0. The van der Waals surface area contributed by atoms with Crippen molar-refractivity contribution in [2.75, 3.05) is 7.05 Å². The average molecular weight is 290 g/mol. The van der Waals surface area contributed by atoms with Crippen molar-refractivity contribution in [2.45, 2.75) is 9.79 Å². The Hall–Kier alpha value is -1.59. The summed E-state index contributed by atoms with van der Waals surface area (Å²) in [7, 11) is 1.75. The van der Waals surface area contributed by atoms with E-state index in [9.17, 15) is 4.79 Å². The number of urea groups is 1. The summed E-state index contributed by atoms with van der Waals surface area (Å²) in [6, 6.07) is 19.4. The van der Waals surface area contributed by atoms with Crippen LogP contribution in [-0.4, -0.2) is 17.4 Å². The van der Waals surface area contributed by atoms with Gasteiger partial charge in [0.15, 0.2) is 0 Å². The van der Waals surface area contributed by atoms with Gasteiger partial charge in [-0.1, -0.05) is 36.4 Å². The molecule has 0 heterocycles. The highest BCUT2D eigenvalue weighted by Gasteiger charge is 2.09. The predicted molar refractivity (Wildman–Crippen MR) is 80.9 cm³/mol. The number of carbonyl (C=O) groups excluding carboxylic acids is 1. The van der Waals surface area contributed by atoms with Crippen molar-refractivity contribution in [3.8, 4) is 0 Å². The van der Waals surface area contributed by atoms with Crippen molar-refractivity contribution >= 4 is 29.9 Å². The van der Waals surface area contributed by atoms with Crippen LogP contribution in [0.3, 0.4) is 0 Å². The van der Waals surface area contributed by atoms with Crippen LogP contribution < -0.4 is 4.72 Å². The van der Waals surface area contributed by atoms with Crippen LogP contribution >= 0.6 is 23.9 Å². The van der Waals surface area contributed by atoms with E-state index in [0.29, 0.717) is 0 Å². The van der Waals surface area contributed by atoms with E-state index in [1.165, 1.54) is 23.9 Å². The number of carbonyl (C=O) groups is 1. The molecular weight excluding hydrogens is 276 g/mol. The summed E-state index contributed by atoms with van der Waals surface area (Å²) in [5.41, 5.74) is 0. The molecule has 0 saturated carbocycles. The molecule has 0 spiro atoms. The number of amides is 2. The zero-order chi connectivity index (χ0) is 13.5. The Balaban J connectivity index is 1.83. The predicted octanol–water partition coefficient (Wildman–Crippen LogP) is 4.04. The molecular formula is C14H14N2OS2. The first kappa shape index (κ1) is 13.8. The number of rotatable bonds is 4. The van der Waals surface area contributed by atoms with Crippen LogP contribution in [0.2, 0.25) is 0 Å². The molecule has 98 valence electrons. The number of nitrogens with zero attached hydrogens (tertiary/aromatic N) is 1. The molecule has 2 aromatic carbocycles. The van der Waals surface area contributed by atoms with Crippen LogP contribution in [-0.2, 0) is 0 Å². The van der Waals surface area contributed by atoms with Gasteiger partial charge in [-0.15, -0.1) is 0 Å². The van der Waals surface area contributed by atoms with E-state index >= 15 is 0 Å². The van der Waals surface area contributed by atoms with Crippen molar-refractivity contribution in [1.29, 1.82) is 0 Å². The lowest BCUT2D eigenvalue weighted by atomic mass is 10.4. The quantitative estimate of drug-likeness (QED) is 0.862. The minimum absolute atomic E-state index is 0.136. The SMILES string of the molecule is CN(Sc1ccccc1)C(=O)NSc1ccccc1. The van der Waals surface area contributed by atoms with Crippen molar-refractivity contribution in [2.24, 2.45) is 0 Å². The molecule has 2 rings (SSSR count). The molecule has 2 aromatic rings. The minimum Gasteiger partial charge on any atom is -0.277 e. The monoisotopic (exact) mass is 290 g/mol. The van der Waals surface area contributed by atoms with Crippen molar-refractivity contribution in [3.63, 3.8) is 0 Å². The van der Waals surface area contributed by atoms with Crippen LogP contribution in [0.4, 0.5) is 4.79 Å². The summed E-state index contributed by atoms with van der Waals surface area (Å²) in [5, 5.41) is 0. The summed E-state index contributed by atoms with van der Waals surface area (Å²) in [6.45, 7) is 0. The third-order valence-corrected chi connectivity index (χ3v) is 3.98. The van der Waals surface area contributed by atoms with Crippen molar-refractivity contribution < 1.29 is 4.79 Å². The maximum atomic E-state index is 11.9. The van der Waals surface area contributed by atoms with Gasteiger partial charge in [0.05, 0.1) is 0 Å². The summed E-state index contributed by atoms with van der Waals surface area (Å²) >= 11 is 2.71. The van der Waals surface area contributed by atoms with Crippen LogP contribution in [0.15, 0.2) is 70.5 Å². The van der Waals surface area contributed by atoms with Crippen molar-refractivity contribution in [3.05, 3.63) is 60.7 Å². The number of hydrogen-bond acceptors (Lipinski definition) is 3. The number of benzene rings is 2. The fourth-order valence-corrected chi connectivity index (χ4v) is 2.75. The van der Waals surface area contributed by atoms with E-state index in [1.54, 1.807) is 11.4 Å². The Labute approximate surface area is 121 Å². The van der Waals surface area contributed by atoms with Gasteiger partial charge in [-0.25, -0.2) is 4.79 Å².